The van der Waals surface area contributed by atoms with Gasteiger partial charge in [-0.25, -0.2) is 0 Å². The Hall–Kier alpha value is -0.0800. The lowest BCUT2D eigenvalue weighted by atomic mass is 9.98. The van der Waals surface area contributed by atoms with Gasteiger partial charge < -0.3 is 4.74 Å². The Morgan fingerprint density at radius 1 is 1.23 bits per heavy atom. The largest absolute Gasteiger partial charge is 0.381 e. The molecule has 78 valence electrons. The Labute approximate surface area is 82.3 Å². The predicted octanol–water partition coefficient (Wildman–Crippen LogP) is 2.29. The Balaban J connectivity index is 2.54. The van der Waals surface area contributed by atoms with Crippen LogP contribution in [0.5, 0.6) is 0 Å². The van der Waals surface area contributed by atoms with Crippen molar-refractivity contribution in [2.45, 2.75) is 52.1 Å². The van der Waals surface area contributed by atoms with Crippen LogP contribution >= 0.6 is 0 Å². The molecule has 1 heterocycles. The van der Waals surface area contributed by atoms with E-state index in [1.54, 1.807) is 0 Å². The lowest BCUT2D eigenvalue weighted by Crippen LogP contribution is -2.49. The molecule has 13 heavy (non-hydrogen) atoms. The minimum absolute atomic E-state index is 0.302. The third-order valence-corrected chi connectivity index (χ3v) is 2.83. The SMILES string of the molecule is CCN(C1CCOCC1)C(C)(C)C. The normalized spacial score (nSPS) is 21.0. The van der Waals surface area contributed by atoms with Crippen molar-refractivity contribution in [2.75, 3.05) is 19.8 Å². The van der Waals surface area contributed by atoms with Crippen LogP contribution in [-0.4, -0.2) is 36.2 Å². The van der Waals surface area contributed by atoms with Gasteiger partial charge in [0.05, 0.1) is 0 Å². The highest BCUT2D eigenvalue weighted by Gasteiger charge is 2.28. The molecule has 0 saturated carbocycles. The van der Waals surface area contributed by atoms with Crippen LogP contribution in [0, 0.1) is 0 Å². The monoisotopic (exact) mass is 185 g/mol. The molecule has 1 aliphatic rings. The van der Waals surface area contributed by atoms with Crippen molar-refractivity contribution in [1.29, 1.82) is 0 Å². The number of hydrogen-bond acceptors (Lipinski definition) is 2. The van der Waals surface area contributed by atoms with E-state index >= 15 is 0 Å². The first-order valence-electron chi connectivity index (χ1n) is 5.40. The summed E-state index contributed by atoms with van der Waals surface area (Å²) in [4.78, 5) is 2.59. The molecule has 2 nitrogen and oxygen atoms in total. The van der Waals surface area contributed by atoms with E-state index in [1.165, 1.54) is 12.8 Å². The molecule has 0 unspecified atom stereocenters. The summed E-state index contributed by atoms with van der Waals surface area (Å²) in [5.41, 5.74) is 0.302. The number of hydrogen-bond donors (Lipinski definition) is 0. The van der Waals surface area contributed by atoms with Gasteiger partial charge in [-0.15, -0.1) is 0 Å². The van der Waals surface area contributed by atoms with Crippen molar-refractivity contribution in [2.24, 2.45) is 0 Å². The van der Waals surface area contributed by atoms with E-state index in [4.69, 9.17) is 4.74 Å². The molecule has 0 aliphatic carbocycles. The quantitative estimate of drug-likeness (QED) is 0.654. The first kappa shape index (κ1) is 11.0. The maximum Gasteiger partial charge on any atom is 0.0480 e. The Morgan fingerprint density at radius 3 is 2.15 bits per heavy atom. The average Bonchev–Trinajstić information content (AvgIpc) is 2.05. The molecule has 1 aliphatic heterocycles. The van der Waals surface area contributed by atoms with E-state index in [0.29, 0.717) is 5.54 Å². The second-order valence-electron chi connectivity index (χ2n) is 4.80. The van der Waals surface area contributed by atoms with Gasteiger partial charge in [0.15, 0.2) is 0 Å². The standard InChI is InChI=1S/C11H23NO/c1-5-12(11(2,3)4)10-6-8-13-9-7-10/h10H,5-9H2,1-4H3. The molecule has 0 radical (unpaired) electrons. The van der Waals surface area contributed by atoms with Crippen LogP contribution in [0.2, 0.25) is 0 Å². The van der Waals surface area contributed by atoms with Crippen LogP contribution in [0.25, 0.3) is 0 Å². The van der Waals surface area contributed by atoms with Crippen LogP contribution in [-0.2, 0) is 4.74 Å². The van der Waals surface area contributed by atoms with Gasteiger partial charge in [0.2, 0.25) is 0 Å². The van der Waals surface area contributed by atoms with Gasteiger partial charge in [-0.2, -0.15) is 0 Å². The highest BCUT2D eigenvalue weighted by molar-refractivity contribution is 4.83. The predicted molar refractivity (Wildman–Crippen MR) is 56.0 cm³/mol. The summed E-state index contributed by atoms with van der Waals surface area (Å²) in [6, 6.07) is 0.735. The van der Waals surface area contributed by atoms with Crippen molar-refractivity contribution < 1.29 is 4.74 Å². The van der Waals surface area contributed by atoms with Crippen molar-refractivity contribution in [3.63, 3.8) is 0 Å². The van der Waals surface area contributed by atoms with E-state index < -0.39 is 0 Å². The lowest BCUT2D eigenvalue weighted by molar-refractivity contribution is 0.000544. The van der Waals surface area contributed by atoms with Crippen LogP contribution < -0.4 is 0 Å². The van der Waals surface area contributed by atoms with E-state index in [9.17, 15) is 0 Å². The molecule has 1 saturated heterocycles. The zero-order valence-electron chi connectivity index (χ0n) is 9.47. The van der Waals surface area contributed by atoms with Crippen LogP contribution in [0.3, 0.4) is 0 Å². The molecule has 0 aromatic carbocycles. The van der Waals surface area contributed by atoms with E-state index in [2.05, 4.69) is 32.6 Å². The van der Waals surface area contributed by atoms with E-state index in [-0.39, 0.29) is 0 Å². The second kappa shape index (κ2) is 4.43. The van der Waals surface area contributed by atoms with Gasteiger partial charge in [0.1, 0.15) is 0 Å². The first-order chi connectivity index (χ1) is 6.05. The minimum atomic E-state index is 0.302. The minimum Gasteiger partial charge on any atom is -0.381 e. The van der Waals surface area contributed by atoms with Crippen LogP contribution in [0.4, 0.5) is 0 Å². The zero-order valence-corrected chi connectivity index (χ0v) is 9.47. The molecule has 0 bridgehead atoms. The molecule has 0 aromatic rings. The van der Waals surface area contributed by atoms with Crippen molar-refractivity contribution >= 4 is 0 Å². The molecule has 1 fully saturated rings. The zero-order chi connectivity index (χ0) is 9.90. The summed E-state index contributed by atoms with van der Waals surface area (Å²) in [5, 5.41) is 0. The smallest absolute Gasteiger partial charge is 0.0480 e. The molecule has 0 aromatic heterocycles. The number of ether oxygens (including phenoxy) is 1. The van der Waals surface area contributed by atoms with Gasteiger partial charge in [-0.05, 0) is 40.2 Å². The van der Waals surface area contributed by atoms with Crippen LogP contribution in [0.15, 0.2) is 0 Å². The topological polar surface area (TPSA) is 12.5 Å². The molecule has 1 rings (SSSR count). The second-order valence-corrected chi connectivity index (χ2v) is 4.80. The first-order valence-corrected chi connectivity index (χ1v) is 5.40. The summed E-state index contributed by atoms with van der Waals surface area (Å²) in [7, 11) is 0. The fourth-order valence-electron chi connectivity index (χ4n) is 2.28. The van der Waals surface area contributed by atoms with E-state index in [0.717, 1.165) is 25.8 Å². The Kier molecular flexibility index (Phi) is 3.74. The van der Waals surface area contributed by atoms with Gasteiger partial charge >= 0.3 is 0 Å². The van der Waals surface area contributed by atoms with Crippen LogP contribution in [0.1, 0.15) is 40.5 Å². The Bertz CT molecular complexity index is 145. The summed E-state index contributed by atoms with van der Waals surface area (Å²) < 4.78 is 5.38. The number of nitrogens with zero attached hydrogens (tertiary/aromatic N) is 1. The maximum atomic E-state index is 5.38. The summed E-state index contributed by atoms with van der Waals surface area (Å²) >= 11 is 0. The number of rotatable bonds is 2. The molecule has 0 N–H and O–H groups in total. The molecular formula is C11H23NO. The van der Waals surface area contributed by atoms with Crippen molar-refractivity contribution in [1.82, 2.24) is 4.90 Å². The molecule has 0 amide bonds. The molecule has 2 heteroatoms. The maximum absolute atomic E-state index is 5.38. The summed E-state index contributed by atoms with van der Waals surface area (Å²) in [6.45, 7) is 12.2. The highest BCUT2D eigenvalue weighted by atomic mass is 16.5. The molecular weight excluding hydrogens is 162 g/mol. The Morgan fingerprint density at radius 2 is 1.77 bits per heavy atom. The van der Waals surface area contributed by atoms with Crippen molar-refractivity contribution in [3.05, 3.63) is 0 Å². The summed E-state index contributed by atoms with van der Waals surface area (Å²) in [6.07, 6.45) is 2.40. The van der Waals surface area contributed by atoms with Crippen molar-refractivity contribution in [3.8, 4) is 0 Å². The lowest BCUT2D eigenvalue weighted by Gasteiger charge is -2.42. The highest BCUT2D eigenvalue weighted by Crippen LogP contribution is 2.22. The summed E-state index contributed by atoms with van der Waals surface area (Å²) in [5.74, 6) is 0. The van der Waals surface area contributed by atoms with Gasteiger partial charge in [-0.1, -0.05) is 6.92 Å². The fraction of sp³-hybridized carbons (Fsp3) is 1.00. The third-order valence-electron chi connectivity index (χ3n) is 2.83. The van der Waals surface area contributed by atoms with E-state index in [1.807, 2.05) is 0 Å². The van der Waals surface area contributed by atoms with Gasteiger partial charge in [0.25, 0.3) is 0 Å². The molecule has 0 atom stereocenters. The average molecular weight is 185 g/mol. The third kappa shape index (κ3) is 2.96. The van der Waals surface area contributed by atoms with Gasteiger partial charge in [0, 0.05) is 24.8 Å². The van der Waals surface area contributed by atoms with Gasteiger partial charge in [-0.3, -0.25) is 4.90 Å². The fourth-order valence-corrected chi connectivity index (χ4v) is 2.28. The molecule has 0 spiro atoms.